The lowest BCUT2D eigenvalue weighted by Gasteiger charge is -2.25. The van der Waals surface area contributed by atoms with Gasteiger partial charge >= 0.3 is 5.97 Å². The highest BCUT2D eigenvalue weighted by Crippen LogP contribution is 2.05. The van der Waals surface area contributed by atoms with Crippen molar-refractivity contribution in [3.05, 3.63) is 18.2 Å². The number of nitrogens with two attached hydrogens (primary N) is 2. The number of carbonyl (C=O) groups is 5. The molecule has 0 radical (unpaired) electrons. The molecule has 1 aromatic heterocycles. The maximum absolute atomic E-state index is 12.9. The summed E-state index contributed by atoms with van der Waals surface area (Å²) >= 11 is 4.06. The second kappa shape index (κ2) is 12.7. The fourth-order valence-electron chi connectivity index (χ4n) is 2.65. The van der Waals surface area contributed by atoms with Crippen LogP contribution in [-0.4, -0.2) is 74.6 Å². The van der Waals surface area contributed by atoms with Gasteiger partial charge in [0, 0.05) is 24.1 Å². The molecule has 0 fully saturated rings. The monoisotopic (exact) mass is 471 g/mol. The smallest absolute Gasteiger partial charge is 0.326 e. The van der Waals surface area contributed by atoms with Crippen molar-refractivity contribution in [1.29, 1.82) is 0 Å². The number of carbonyl (C=O) groups excluding carboxylic acids is 4. The number of hydrogen-bond donors (Lipinski definition) is 8. The predicted octanol–water partition coefficient (Wildman–Crippen LogP) is -2.72. The maximum atomic E-state index is 12.9. The molecule has 0 aliphatic heterocycles. The van der Waals surface area contributed by atoms with Gasteiger partial charge in [-0.3, -0.25) is 19.2 Å². The van der Waals surface area contributed by atoms with E-state index in [1.54, 1.807) is 13.8 Å². The normalized spacial score (nSPS) is 14.7. The number of primary amides is 1. The van der Waals surface area contributed by atoms with Gasteiger partial charge in [0.15, 0.2) is 0 Å². The second-order valence-electron chi connectivity index (χ2n) is 7.43. The number of nitrogens with zero attached hydrogens (tertiary/aromatic N) is 1. The Morgan fingerprint density at radius 3 is 2.16 bits per heavy atom. The zero-order valence-corrected chi connectivity index (χ0v) is 18.6. The third-order valence-corrected chi connectivity index (χ3v) is 4.78. The molecular formula is C18H29N7O6S. The van der Waals surface area contributed by atoms with E-state index >= 15 is 0 Å². The van der Waals surface area contributed by atoms with E-state index in [-0.39, 0.29) is 12.2 Å². The van der Waals surface area contributed by atoms with Crippen LogP contribution in [0.3, 0.4) is 0 Å². The number of amides is 4. The molecule has 0 saturated carbocycles. The summed E-state index contributed by atoms with van der Waals surface area (Å²) in [7, 11) is 0. The second-order valence-corrected chi connectivity index (χ2v) is 7.80. The van der Waals surface area contributed by atoms with Crippen molar-refractivity contribution >= 4 is 42.2 Å². The van der Waals surface area contributed by atoms with Gasteiger partial charge in [0.1, 0.15) is 18.1 Å². The molecule has 9 N–H and O–H groups in total. The van der Waals surface area contributed by atoms with Gasteiger partial charge in [0.05, 0.1) is 18.8 Å². The molecule has 0 aromatic carbocycles. The molecule has 0 aliphatic carbocycles. The molecular weight excluding hydrogens is 442 g/mol. The van der Waals surface area contributed by atoms with Crippen LogP contribution >= 0.6 is 12.6 Å². The van der Waals surface area contributed by atoms with Crippen LogP contribution in [0, 0.1) is 5.92 Å². The van der Waals surface area contributed by atoms with E-state index in [4.69, 9.17) is 11.5 Å². The lowest BCUT2D eigenvalue weighted by atomic mass is 10.0. The SMILES string of the molecule is CC(C)C(NC(=O)C(CS)NC(=O)C(Cc1cnc[nH]1)NC(=O)C(N)CC(N)=O)C(=O)O. The van der Waals surface area contributed by atoms with Crippen LogP contribution in [0.1, 0.15) is 26.0 Å². The lowest BCUT2D eigenvalue weighted by Crippen LogP contribution is -2.58. The fraction of sp³-hybridized carbons (Fsp3) is 0.556. The average molecular weight is 472 g/mol. The molecule has 13 nitrogen and oxygen atoms in total. The first-order chi connectivity index (χ1) is 15.0. The summed E-state index contributed by atoms with van der Waals surface area (Å²) in [4.78, 5) is 66.6. The summed E-state index contributed by atoms with van der Waals surface area (Å²) in [5.41, 5.74) is 11.2. The van der Waals surface area contributed by atoms with Gasteiger partial charge in [0.2, 0.25) is 23.6 Å². The first-order valence-electron chi connectivity index (χ1n) is 9.72. The van der Waals surface area contributed by atoms with E-state index in [0.29, 0.717) is 5.69 Å². The Hall–Kier alpha value is -3.13. The van der Waals surface area contributed by atoms with Crippen LogP contribution in [0.25, 0.3) is 0 Å². The van der Waals surface area contributed by atoms with Crippen molar-refractivity contribution in [1.82, 2.24) is 25.9 Å². The van der Waals surface area contributed by atoms with Crippen molar-refractivity contribution in [3.63, 3.8) is 0 Å². The minimum absolute atomic E-state index is 0.0223. The Bertz CT molecular complexity index is 817. The predicted molar refractivity (Wildman–Crippen MR) is 116 cm³/mol. The number of H-pyrrole nitrogens is 1. The van der Waals surface area contributed by atoms with Crippen LogP contribution in [0.5, 0.6) is 0 Å². The van der Waals surface area contributed by atoms with Crippen molar-refractivity contribution < 1.29 is 29.1 Å². The molecule has 0 spiro atoms. The Morgan fingerprint density at radius 1 is 1.09 bits per heavy atom. The lowest BCUT2D eigenvalue weighted by molar-refractivity contribution is -0.143. The first kappa shape index (κ1) is 26.9. The number of hydrogen-bond acceptors (Lipinski definition) is 8. The average Bonchev–Trinajstić information content (AvgIpc) is 3.21. The van der Waals surface area contributed by atoms with Gasteiger partial charge in [-0.1, -0.05) is 13.8 Å². The largest absolute Gasteiger partial charge is 0.480 e. The van der Waals surface area contributed by atoms with Crippen LogP contribution in [0.2, 0.25) is 0 Å². The summed E-state index contributed by atoms with van der Waals surface area (Å²) in [5, 5.41) is 16.5. The van der Waals surface area contributed by atoms with Crippen LogP contribution in [0.4, 0.5) is 0 Å². The highest BCUT2D eigenvalue weighted by molar-refractivity contribution is 7.80. The first-order valence-corrected chi connectivity index (χ1v) is 10.3. The van der Waals surface area contributed by atoms with Crippen LogP contribution in [0.15, 0.2) is 12.5 Å². The van der Waals surface area contributed by atoms with E-state index in [2.05, 4.69) is 38.5 Å². The fourth-order valence-corrected chi connectivity index (χ4v) is 2.90. The number of rotatable bonds is 13. The summed E-state index contributed by atoms with van der Waals surface area (Å²) in [6, 6.07) is -4.78. The number of imidazole rings is 1. The zero-order chi connectivity index (χ0) is 24.4. The van der Waals surface area contributed by atoms with Gasteiger partial charge in [-0.05, 0) is 5.92 Å². The number of aliphatic carboxylic acids is 1. The summed E-state index contributed by atoms with van der Waals surface area (Å²) in [6.07, 6.45) is 2.38. The Labute approximate surface area is 189 Å². The van der Waals surface area contributed by atoms with Crippen LogP contribution in [-0.2, 0) is 30.4 Å². The molecule has 0 aliphatic rings. The Kier molecular flexibility index (Phi) is 10.6. The van der Waals surface area contributed by atoms with Gasteiger partial charge < -0.3 is 37.5 Å². The number of aromatic amines is 1. The molecule has 1 rings (SSSR count). The van der Waals surface area contributed by atoms with E-state index < -0.39 is 66.1 Å². The topological polar surface area (TPSA) is 222 Å². The minimum atomic E-state index is -1.27. The summed E-state index contributed by atoms with van der Waals surface area (Å²) in [5.74, 6) is -4.81. The van der Waals surface area contributed by atoms with E-state index in [1.807, 2.05) is 0 Å². The molecule has 4 unspecified atom stereocenters. The molecule has 0 saturated heterocycles. The Balaban J connectivity index is 2.94. The molecule has 1 aromatic rings. The van der Waals surface area contributed by atoms with E-state index in [1.165, 1.54) is 12.5 Å². The van der Waals surface area contributed by atoms with Gasteiger partial charge in [-0.15, -0.1) is 0 Å². The maximum Gasteiger partial charge on any atom is 0.326 e. The molecule has 32 heavy (non-hydrogen) atoms. The third kappa shape index (κ3) is 8.55. The molecule has 14 heteroatoms. The number of carboxylic acids is 1. The quantitative estimate of drug-likeness (QED) is 0.141. The van der Waals surface area contributed by atoms with Gasteiger partial charge in [-0.2, -0.15) is 12.6 Å². The highest BCUT2D eigenvalue weighted by Gasteiger charge is 2.31. The Morgan fingerprint density at radius 2 is 1.69 bits per heavy atom. The highest BCUT2D eigenvalue weighted by atomic mass is 32.1. The van der Waals surface area contributed by atoms with E-state index in [0.717, 1.165) is 0 Å². The molecule has 0 bridgehead atoms. The summed E-state index contributed by atoms with van der Waals surface area (Å²) < 4.78 is 0. The minimum Gasteiger partial charge on any atom is -0.480 e. The van der Waals surface area contributed by atoms with Gasteiger partial charge in [0.25, 0.3) is 0 Å². The summed E-state index contributed by atoms with van der Waals surface area (Å²) in [6.45, 7) is 3.25. The molecule has 4 amide bonds. The van der Waals surface area contributed by atoms with Crippen molar-refractivity contribution in [2.75, 3.05) is 5.75 Å². The molecule has 178 valence electrons. The van der Waals surface area contributed by atoms with Crippen molar-refractivity contribution in [2.45, 2.75) is 50.9 Å². The van der Waals surface area contributed by atoms with Crippen LogP contribution < -0.4 is 27.4 Å². The standard InChI is InChI=1S/C18H29N7O6S/c1-8(2)14(18(30)31)25-17(29)12(6-32)24-16(28)11(3-9-5-21-7-22-9)23-15(27)10(19)4-13(20)26/h5,7-8,10-12,14,32H,3-4,6,19H2,1-2H3,(H2,20,26)(H,21,22)(H,23,27)(H,24,28)(H,25,29)(H,30,31). The number of nitrogens with one attached hydrogen (secondary N) is 4. The van der Waals surface area contributed by atoms with Crippen molar-refractivity contribution in [2.24, 2.45) is 17.4 Å². The molecule has 1 heterocycles. The zero-order valence-electron chi connectivity index (χ0n) is 17.7. The number of aromatic nitrogens is 2. The number of carboxylic acid groups (broad SMARTS) is 1. The van der Waals surface area contributed by atoms with Crippen molar-refractivity contribution in [3.8, 4) is 0 Å². The van der Waals surface area contributed by atoms with E-state index in [9.17, 15) is 29.1 Å². The number of thiol groups is 1. The van der Waals surface area contributed by atoms with Gasteiger partial charge in [-0.25, -0.2) is 9.78 Å². The molecule has 4 atom stereocenters. The third-order valence-electron chi connectivity index (χ3n) is 4.42.